The Balaban J connectivity index is 1.27. The van der Waals surface area contributed by atoms with E-state index in [-0.39, 0.29) is 0 Å². The van der Waals surface area contributed by atoms with Crippen molar-refractivity contribution in [3.63, 3.8) is 0 Å². The van der Waals surface area contributed by atoms with Crippen molar-refractivity contribution in [1.29, 1.82) is 0 Å². The number of benzene rings is 6. The SMILES string of the molecule is c1ccc2c(c1)ccc1c3ccc(N(c4cccc5c4oc4cnccc45)c4cccc5c4oc4cccnc45)cc3ccc21. The van der Waals surface area contributed by atoms with Crippen molar-refractivity contribution in [1.82, 2.24) is 9.97 Å². The van der Waals surface area contributed by atoms with E-state index < -0.39 is 0 Å². The minimum absolute atomic E-state index is 0.753. The molecule has 0 radical (unpaired) electrons. The Kier molecular flexibility index (Phi) is 4.93. The quantitative estimate of drug-likeness (QED) is 0.196. The molecular formula is C40H23N3O2. The minimum atomic E-state index is 0.753. The lowest BCUT2D eigenvalue weighted by atomic mass is 9.96. The molecule has 0 fully saturated rings. The van der Waals surface area contributed by atoms with E-state index in [1.54, 1.807) is 12.4 Å². The topological polar surface area (TPSA) is 55.3 Å². The number of anilines is 3. The number of para-hydroxylation sites is 2. The van der Waals surface area contributed by atoms with E-state index in [1.165, 1.54) is 26.9 Å². The van der Waals surface area contributed by atoms with Crippen molar-refractivity contribution in [2.75, 3.05) is 4.90 Å². The van der Waals surface area contributed by atoms with Gasteiger partial charge in [0.25, 0.3) is 0 Å². The van der Waals surface area contributed by atoms with Gasteiger partial charge in [0.05, 0.1) is 17.6 Å². The third-order valence-electron chi connectivity index (χ3n) is 8.98. The normalized spacial score (nSPS) is 12.0. The fourth-order valence-corrected chi connectivity index (χ4v) is 6.96. The number of nitrogens with zero attached hydrogens (tertiary/aromatic N) is 3. The lowest BCUT2D eigenvalue weighted by Gasteiger charge is -2.26. The van der Waals surface area contributed by atoms with Crippen LogP contribution in [0.1, 0.15) is 0 Å². The number of rotatable bonds is 3. The fourth-order valence-electron chi connectivity index (χ4n) is 6.96. The average Bonchev–Trinajstić information content (AvgIpc) is 3.68. The Hall–Kier alpha value is -6.20. The Morgan fingerprint density at radius 1 is 0.467 bits per heavy atom. The van der Waals surface area contributed by atoms with Gasteiger partial charge >= 0.3 is 0 Å². The van der Waals surface area contributed by atoms with Gasteiger partial charge in [-0.15, -0.1) is 0 Å². The van der Waals surface area contributed by atoms with Gasteiger partial charge in [0, 0.05) is 34.2 Å². The van der Waals surface area contributed by atoms with Gasteiger partial charge < -0.3 is 13.7 Å². The fraction of sp³-hybridized carbons (Fsp3) is 0. The Labute approximate surface area is 256 Å². The second kappa shape index (κ2) is 9.15. The van der Waals surface area contributed by atoms with Crippen molar-refractivity contribution in [3.05, 3.63) is 140 Å². The van der Waals surface area contributed by atoms with E-state index in [1.807, 2.05) is 24.4 Å². The van der Waals surface area contributed by atoms with Crippen LogP contribution in [-0.4, -0.2) is 9.97 Å². The number of furan rings is 2. The van der Waals surface area contributed by atoms with E-state index >= 15 is 0 Å². The summed E-state index contributed by atoms with van der Waals surface area (Å²) < 4.78 is 13.0. The maximum atomic E-state index is 6.52. The summed E-state index contributed by atoms with van der Waals surface area (Å²) in [4.78, 5) is 11.2. The zero-order valence-electron chi connectivity index (χ0n) is 23.9. The van der Waals surface area contributed by atoms with Gasteiger partial charge in [-0.25, -0.2) is 0 Å². The van der Waals surface area contributed by atoms with E-state index in [0.29, 0.717) is 0 Å². The molecule has 6 aromatic carbocycles. The Bertz CT molecular complexity index is 2680. The highest BCUT2D eigenvalue weighted by atomic mass is 16.3. The molecule has 0 aliphatic heterocycles. The smallest absolute Gasteiger partial charge is 0.161 e. The van der Waals surface area contributed by atoms with Crippen LogP contribution in [0.2, 0.25) is 0 Å². The first-order valence-electron chi connectivity index (χ1n) is 15.0. The molecule has 0 spiro atoms. The standard InChI is InChI=1S/C40H23N3O2/c1-2-7-27-24(6-1)13-16-30-28-18-15-26(22-25(28)14-17-29(27)30)43(34-10-3-8-32-31-19-21-41-23-37(31)45-39(32)34)35-11-4-9-33-38-36(44-40(33)35)12-5-20-42-38/h1-23H. The molecule has 210 valence electrons. The van der Waals surface area contributed by atoms with Crippen LogP contribution >= 0.6 is 0 Å². The van der Waals surface area contributed by atoms with Crippen LogP contribution in [0.3, 0.4) is 0 Å². The van der Waals surface area contributed by atoms with Gasteiger partial charge in [-0.3, -0.25) is 9.97 Å². The van der Waals surface area contributed by atoms with Crippen molar-refractivity contribution in [3.8, 4) is 0 Å². The molecule has 4 heterocycles. The van der Waals surface area contributed by atoms with Crippen molar-refractivity contribution >= 4 is 93.4 Å². The summed E-state index contributed by atoms with van der Waals surface area (Å²) in [5.74, 6) is 0. The van der Waals surface area contributed by atoms with Crippen LogP contribution in [0.25, 0.3) is 76.3 Å². The van der Waals surface area contributed by atoms with E-state index in [2.05, 4.69) is 118 Å². The third-order valence-corrected chi connectivity index (χ3v) is 8.98. The average molecular weight is 578 g/mol. The maximum Gasteiger partial charge on any atom is 0.161 e. The van der Waals surface area contributed by atoms with Crippen LogP contribution < -0.4 is 4.90 Å². The van der Waals surface area contributed by atoms with Crippen LogP contribution in [-0.2, 0) is 0 Å². The molecule has 5 heteroatoms. The molecule has 4 aromatic heterocycles. The molecule has 0 aliphatic carbocycles. The number of aromatic nitrogens is 2. The lowest BCUT2D eigenvalue weighted by molar-refractivity contribution is 0.665. The highest BCUT2D eigenvalue weighted by Crippen LogP contribution is 2.46. The molecule has 0 saturated heterocycles. The molecule has 0 N–H and O–H groups in total. The Morgan fingerprint density at radius 2 is 1.18 bits per heavy atom. The monoisotopic (exact) mass is 577 g/mol. The predicted molar refractivity (Wildman–Crippen MR) is 184 cm³/mol. The summed E-state index contributed by atoms with van der Waals surface area (Å²) >= 11 is 0. The first kappa shape index (κ1) is 24.3. The molecule has 0 amide bonds. The van der Waals surface area contributed by atoms with E-state index in [4.69, 9.17) is 8.83 Å². The molecule has 0 unspecified atom stereocenters. The Morgan fingerprint density at radius 3 is 2.07 bits per heavy atom. The molecule has 0 aliphatic rings. The molecule has 10 rings (SSSR count). The van der Waals surface area contributed by atoms with E-state index in [0.717, 1.165) is 66.5 Å². The zero-order valence-corrected chi connectivity index (χ0v) is 23.9. The largest absolute Gasteiger partial charge is 0.452 e. The molecule has 0 bridgehead atoms. The maximum absolute atomic E-state index is 6.52. The zero-order chi connectivity index (χ0) is 29.5. The van der Waals surface area contributed by atoms with Gasteiger partial charge in [-0.1, -0.05) is 72.8 Å². The van der Waals surface area contributed by atoms with Crippen molar-refractivity contribution in [2.24, 2.45) is 0 Å². The number of hydrogen-bond acceptors (Lipinski definition) is 5. The predicted octanol–water partition coefficient (Wildman–Crippen LogP) is 11.2. The second-order valence-corrected chi connectivity index (χ2v) is 11.4. The summed E-state index contributed by atoms with van der Waals surface area (Å²) in [6.07, 6.45) is 5.39. The highest BCUT2D eigenvalue weighted by Gasteiger charge is 2.23. The number of hydrogen-bond donors (Lipinski definition) is 0. The lowest BCUT2D eigenvalue weighted by Crippen LogP contribution is -2.10. The van der Waals surface area contributed by atoms with Gasteiger partial charge in [0.2, 0.25) is 0 Å². The summed E-state index contributed by atoms with van der Waals surface area (Å²) in [6, 6.07) is 42.6. The first-order chi connectivity index (χ1) is 22.3. The van der Waals surface area contributed by atoms with Gasteiger partial charge in [0.1, 0.15) is 5.52 Å². The van der Waals surface area contributed by atoms with Gasteiger partial charge in [-0.05, 0) is 80.8 Å². The number of fused-ring (bicyclic) bond motifs is 11. The molecule has 45 heavy (non-hydrogen) atoms. The van der Waals surface area contributed by atoms with Crippen LogP contribution in [0.15, 0.2) is 149 Å². The van der Waals surface area contributed by atoms with Crippen LogP contribution in [0.4, 0.5) is 17.1 Å². The summed E-state index contributed by atoms with van der Waals surface area (Å²) in [6.45, 7) is 0. The van der Waals surface area contributed by atoms with E-state index in [9.17, 15) is 0 Å². The summed E-state index contributed by atoms with van der Waals surface area (Å²) in [7, 11) is 0. The summed E-state index contributed by atoms with van der Waals surface area (Å²) in [5, 5.41) is 10.4. The third kappa shape index (κ3) is 3.49. The molecule has 0 saturated carbocycles. The molecule has 10 aromatic rings. The molecule has 5 nitrogen and oxygen atoms in total. The van der Waals surface area contributed by atoms with Crippen LogP contribution in [0.5, 0.6) is 0 Å². The van der Waals surface area contributed by atoms with Gasteiger partial charge in [0.15, 0.2) is 22.3 Å². The summed E-state index contributed by atoms with van der Waals surface area (Å²) in [5.41, 5.74) is 6.73. The minimum Gasteiger partial charge on any atom is -0.452 e. The number of pyridine rings is 2. The highest BCUT2D eigenvalue weighted by molar-refractivity contribution is 6.18. The molecule has 0 atom stereocenters. The van der Waals surface area contributed by atoms with Crippen LogP contribution in [0, 0.1) is 0 Å². The first-order valence-corrected chi connectivity index (χ1v) is 15.0. The van der Waals surface area contributed by atoms with Crippen molar-refractivity contribution < 1.29 is 8.83 Å². The van der Waals surface area contributed by atoms with Crippen molar-refractivity contribution in [2.45, 2.75) is 0 Å². The molecular weight excluding hydrogens is 554 g/mol. The van der Waals surface area contributed by atoms with Gasteiger partial charge in [-0.2, -0.15) is 0 Å². The second-order valence-electron chi connectivity index (χ2n) is 11.4.